The number of rotatable bonds is 4. The lowest BCUT2D eigenvalue weighted by molar-refractivity contribution is -0.387. The van der Waals surface area contributed by atoms with Gasteiger partial charge in [-0.05, 0) is 24.3 Å². The Morgan fingerprint density at radius 3 is 2.46 bits per heavy atom. The molecule has 3 rings (SSSR count). The predicted octanol–water partition coefficient (Wildman–Crippen LogP) is 3.60. The molecule has 0 aliphatic carbocycles. The van der Waals surface area contributed by atoms with Gasteiger partial charge in [0, 0.05) is 17.7 Å². The molecule has 0 aliphatic heterocycles. The van der Waals surface area contributed by atoms with E-state index in [9.17, 15) is 18.9 Å². The molecule has 3 aromatic rings. The zero-order chi connectivity index (χ0) is 17.3. The Morgan fingerprint density at radius 1 is 1.08 bits per heavy atom. The largest absolute Gasteiger partial charge is 0.497 e. The second-order valence-corrected chi connectivity index (χ2v) is 4.68. The van der Waals surface area contributed by atoms with Crippen molar-refractivity contribution in [3.8, 4) is 28.7 Å². The average Bonchev–Trinajstić information content (AvgIpc) is 3.03. The van der Waals surface area contributed by atoms with Gasteiger partial charge >= 0.3 is 5.69 Å². The Labute approximate surface area is 133 Å². The Balaban J connectivity index is 1.96. The lowest BCUT2D eigenvalue weighted by Gasteiger charge is -2.01. The first-order valence-corrected chi connectivity index (χ1v) is 6.61. The summed E-state index contributed by atoms with van der Waals surface area (Å²) < 4.78 is 37.9. The molecule has 0 N–H and O–H groups in total. The number of hydrogen-bond donors (Lipinski definition) is 0. The summed E-state index contributed by atoms with van der Waals surface area (Å²) in [5.74, 6) is -1.53. The number of halogens is 2. The van der Waals surface area contributed by atoms with Crippen molar-refractivity contribution in [1.29, 1.82) is 0 Å². The molecule has 0 atom stereocenters. The summed E-state index contributed by atoms with van der Waals surface area (Å²) in [6.07, 6.45) is 0. The van der Waals surface area contributed by atoms with Gasteiger partial charge in [-0.15, -0.1) is 10.2 Å². The molecule has 0 amide bonds. The van der Waals surface area contributed by atoms with Crippen LogP contribution in [0.5, 0.6) is 5.75 Å². The predicted molar refractivity (Wildman–Crippen MR) is 78.3 cm³/mol. The molecular formula is C15H9F2N3O4. The quantitative estimate of drug-likeness (QED) is 0.535. The van der Waals surface area contributed by atoms with E-state index in [4.69, 9.17) is 9.15 Å². The first-order valence-electron chi connectivity index (χ1n) is 6.61. The van der Waals surface area contributed by atoms with Gasteiger partial charge < -0.3 is 9.15 Å². The molecular weight excluding hydrogens is 324 g/mol. The third-order valence-corrected chi connectivity index (χ3v) is 3.22. The molecule has 0 radical (unpaired) electrons. The van der Waals surface area contributed by atoms with Gasteiger partial charge in [-0.3, -0.25) is 10.1 Å². The summed E-state index contributed by atoms with van der Waals surface area (Å²) in [6.45, 7) is 0. The molecule has 7 nitrogen and oxygen atoms in total. The highest BCUT2D eigenvalue weighted by Crippen LogP contribution is 2.29. The summed E-state index contributed by atoms with van der Waals surface area (Å²) >= 11 is 0. The lowest BCUT2D eigenvalue weighted by atomic mass is 10.2. The summed E-state index contributed by atoms with van der Waals surface area (Å²) in [7, 11) is 1.41. The molecule has 2 aromatic carbocycles. The van der Waals surface area contributed by atoms with Crippen LogP contribution in [0.15, 0.2) is 40.8 Å². The van der Waals surface area contributed by atoms with E-state index in [1.807, 2.05) is 0 Å². The monoisotopic (exact) mass is 333 g/mol. The van der Waals surface area contributed by atoms with E-state index in [0.717, 1.165) is 18.2 Å². The third-order valence-electron chi connectivity index (χ3n) is 3.22. The summed E-state index contributed by atoms with van der Waals surface area (Å²) in [5.41, 5.74) is -0.470. The van der Waals surface area contributed by atoms with Crippen LogP contribution in [0.25, 0.3) is 22.9 Å². The van der Waals surface area contributed by atoms with Crippen LogP contribution < -0.4 is 4.74 Å². The number of nitro groups is 1. The molecule has 0 unspecified atom stereocenters. The van der Waals surface area contributed by atoms with Crippen molar-refractivity contribution in [3.05, 3.63) is 58.1 Å². The van der Waals surface area contributed by atoms with Crippen LogP contribution in [0.2, 0.25) is 0 Å². The van der Waals surface area contributed by atoms with Crippen LogP contribution in [-0.2, 0) is 0 Å². The maximum absolute atomic E-state index is 14.0. The number of aromatic nitrogens is 2. The Bertz CT molecular complexity index is 927. The summed E-state index contributed by atoms with van der Waals surface area (Å²) in [6, 6.07) is 7.24. The highest BCUT2D eigenvalue weighted by Gasteiger charge is 2.18. The molecule has 24 heavy (non-hydrogen) atoms. The van der Waals surface area contributed by atoms with Gasteiger partial charge in [-0.25, -0.2) is 4.39 Å². The normalized spacial score (nSPS) is 10.6. The summed E-state index contributed by atoms with van der Waals surface area (Å²) in [5, 5.41) is 18.0. The number of methoxy groups -OCH3 is 1. The van der Waals surface area contributed by atoms with Crippen LogP contribution in [-0.4, -0.2) is 22.2 Å². The molecule has 1 aromatic heterocycles. The van der Waals surface area contributed by atoms with Crippen molar-refractivity contribution in [2.75, 3.05) is 7.11 Å². The second-order valence-electron chi connectivity index (χ2n) is 4.68. The zero-order valence-corrected chi connectivity index (χ0v) is 12.2. The molecule has 0 bridgehead atoms. The van der Waals surface area contributed by atoms with Crippen LogP contribution in [0.4, 0.5) is 14.5 Å². The maximum atomic E-state index is 14.0. The molecule has 122 valence electrons. The van der Waals surface area contributed by atoms with Crippen LogP contribution >= 0.6 is 0 Å². The molecule has 0 spiro atoms. The molecule has 0 saturated carbocycles. The zero-order valence-electron chi connectivity index (χ0n) is 12.2. The van der Waals surface area contributed by atoms with Gasteiger partial charge in [0.2, 0.25) is 11.7 Å². The number of ether oxygens (including phenoxy) is 1. The van der Waals surface area contributed by atoms with Crippen molar-refractivity contribution >= 4 is 5.69 Å². The highest BCUT2D eigenvalue weighted by atomic mass is 19.1. The fourth-order valence-electron chi connectivity index (χ4n) is 2.03. The SMILES string of the molecule is COc1ccc(-c2nnc(-c3ccc([N+](=O)[O-])c(F)c3)o2)c(F)c1. The number of hydrogen-bond acceptors (Lipinski definition) is 6. The first-order chi connectivity index (χ1) is 11.5. The van der Waals surface area contributed by atoms with E-state index >= 15 is 0 Å². The molecule has 0 aliphatic rings. The van der Waals surface area contributed by atoms with Crippen molar-refractivity contribution in [1.82, 2.24) is 10.2 Å². The van der Waals surface area contributed by atoms with Crippen LogP contribution in [0.3, 0.4) is 0 Å². The number of nitro benzene ring substituents is 1. The van der Waals surface area contributed by atoms with E-state index in [-0.39, 0.29) is 22.9 Å². The lowest BCUT2D eigenvalue weighted by Crippen LogP contribution is -1.92. The topological polar surface area (TPSA) is 91.3 Å². The smallest absolute Gasteiger partial charge is 0.304 e. The fourth-order valence-corrected chi connectivity index (χ4v) is 2.03. The summed E-state index contributed by atoms with van der Waals surface area (Å²) in [4.78, 5) is 9.77. The van der Waals surface area contributed by atoms with E-state index in [0.29, 0.717) is 5.75 Å². The molecule has 0 fully saturated rings. The van der Waals surface area contributed by atoms with E-state index < -0.39 is 22.2 Å². The van der Waals surface area contributed by atoms with Gasteiger partial charge in [0.1, 0.15) is 11.6 Å². The average molecular weight is 333 g/mol. The van der Waals surface area contributed by atoms with Gasteiger partial charge in [0.15, 0.2) is 0 Å². The minimum Gasteiger partial charge on any atom is -0.497 e. The third kappa shape index (κ3) is 2.78. The number of benzene rings is 2. The molecule has 9 heteroatoms. The van der Waals surface area contributed by atoms with E-state index in [2.05, 4.69) is 10.2 Å². The first kappa shape index (κ1) is 15.5. The van der Waals surface area contributed by atoms with Crippen molar-refractivity contribution in [3.63, 3.8) is 0 Å². The Hall–Kier alpha value is -3.36. The minimum absolute atomic E-state index is 0.0527. The molecule has 0 saturated heterocycles. The minimum atomic E-state index is -1.03. The maximum Gasteiger partial charge on any atom is 0.304 e. The Morgan fingerprint density at radius 2 is 1.83 bits per heavy atom. The van der Waals surface area contributed by atoms with Gasteiger partial charge in [-0.1, -0.05) is 0 Å². The van der Waals surface area contributed by atoms with Gasteiger partial charge in [-0.2, -0.15) is 4.39 Å². The standard InChI is InChI=1S/C15H9F2N3O4/c1-23-9-3-4-10(11(16)7-9)15-19-18-14(24-15)8-2-5-13(20(21)22)12(17)6-8/h2-7H,1H3. The van der Waals surface area contributed by atoms with Gasteiger partial charge in [0.25, 0.3) is 5.89 Å². The van der Waals surface area contributed by atoms with Crippen molar-refractivity contribution < 1.29 is 22.9 Å². The van der Waals surface area contributed by atoms with Crippen LogP contribution in [0.1, 0.15) is 0 Å². The molecule has 1 heterocycles. The van der Waals surface area contributed by atoms with E-state index in [1.54, 1.807) is 0 Å². The Kier molecular flexibility index (Phi) is 3.90. The van der Waals surface area contributed by atoms with E-state index in [1.165, 1.54) is 25.3 Å². The highest BCUT2D eigenvalue weighted by molar-refractivity contribution is 5.60. The second kappa shape index (κ2) is 6.03. The van der Waals surface area contributed by atoms with Crippen molar-refractivity contribution in [2.24, 2.45) is 0 Å². The fraction of sp³-hybridized carbons (Fsp3) is 0.0667. The van der Waals surface area contributed by atoms with Crippen LogP contribution in [0, 0.1) is 21.7 Å². The van der Waals surface area contributed by atoms with Gasteiger partial charge in [0.05, 0.1) is 17.6 Å². The van der Waals surface area contributed by atoms with Crippen molar-refractivity contribution in [2.45, 2.75) is 0 Å². The number of nitrogens with zero attached hydrogens (tertiary/aromatic N) is 3.